The van der Waals surface area contributed by atoms with Crippen LogP contribution in [0.2, 0.25) is 0 Å². The number of carbonyl (C=O) groups excluding carboxylic acids is 2. The highest BCUT2D eigenvalue weighted by Crippen LogP contribution is 2.33. The van der Waals surface area contributed by atoms with Crippen LogP contribution in [0.3, 0.4) is 0 Å². The zero-order valence-corrected chi connectivity index (χ0v) is 16.9. The van der Waals surface area contributed by atoms with Crippen LogP contribution in [0.15, 0.2) is 42.9 Å². The van der Waals surface area contributed by atoms with Gasteiger partial charge in [0, 0.05) is 31.9 Å². The Morgan fingerprint density at radius 1 is 1.13 bits per heavy atom. The summed E-state index contributed by atoms with van der Waals surface area (Å²) >= 11 is 0. The number of alkyl halides is 3. The average Bonchev–Trinajstić information content (AvgIpc) is 3.16. The second-order valence-corrected chi connectivity index (χ2v) is 7.98. The van der Waals surface area contributed by atoms with Crippen molar-refractivity contribution in [2.45, 2.75) is 56.9 Å². The quantitative estimate of drug-likeness (QED) is 0.742. The van der Waals surface area contributed by atoms with Gasteiger partial charge in [-0.25, -0.2) is 4.98 Å². The van der Waals surface area contributed by atoms with Crippen molar-refractivity contribution in [2.24, 2.45) is 0 Å². The molecule has 6 nitrogen and oxygen atoms in total. The Labute approximate surface area is 178 Å². The number of carbonyl (C=O) groups is 2. The van der Waals surface area contributed by atoms with Crippen LogP contribution in [0.5, 0.6) is 0 Å². The molecule has 31 heavy (non-hydrogen) atoms. The number of benzene rings is 1. The van der Waals surface area contributed by atoms with Gasteiger partial charge in [0.2, 0.25) is 5.91 Å². The largest absolute Gasteiger partial charge is 0.416 e. The highest BCUT2D eigenvalue weighted by Gasteiger charge is 2.43. The molecule has 0 bridgehead atoms. The zero-order chi connectivity index (χ0) is 22.0. The molecule has 0 N–H and O–H groups in total. The van der Waals surface area contributed by atoms with Gasteiger partial charge in [-0.3, -0.25) is 14.6 Å². The predicted octanol–water partition coefficient (Wildman–Crippen LogP) is 3.68. The Morgan fingerprint density at radius 3 is 2.71 bits per heavy atom. The Kier molecular flexibility index (Phi) is 5.93. The Bertz CT molecular complexity index is 951. The van der Waals surface area contributed by atoms with E-state index in [4.69, 9.17) is 0 Å². The standard InChI is InChI=1S/C22H23F3N4O2/c23-22(24,25)16-5-3-4-15(12-16)14-29-19-8-11-28(18(19)6-1-2-7-20(29)30)21(31)17-13-26-9-10-27-17/h3-5,9-10,12-13,18-19H,1-2,6-8,11,14H2/t18-,19+/m1/s1. The molecular formula is C22H23F3N4O2. The van der Waals surface area contributed by atoms with Crippen LogP contribution >= 0.6 is 0 Å². The van der Waals surface area contributed by atoms with Crippen molar-refractivity contribution in [2.75, 3.05) is 6.54 Å². The monoisotopic (exact) mass is 432 g/mol. The molecule has 0 spiro atoms. The Balaban J connectivity index is 1.59. The summed E-state index contributed by atoms with van der Waals surface area (Å²) in [6, 6.07) is 4.67. The van der Waals surface area contributed by atoms with Crippen molar-refractivity contribution >= 4 is 11.8 Å². The number of nitrogens with zero attached hydrogens (tertiary/aromatic N) is 4. The third-order valence-corrected chi connectivity index (χ3v) is 6.02. The fourth-order valence-electron chi connectivity index (χ4n) is 4.56. The van der Waals surface area contributed by atoms with Crippen molar-refractivity contribution in [3.8, 4) is 0 Å². The van der Waals surface area contributed by atoms with E-state index in [0.717, 1.165) is 25.0 Å². The van der Waals surface area contributed by atoms with Crippen LogP contribution in [0, 0.1) is 0 Å². The van der Waals surface area contributed by atoms with Crippen LogP contribution < -0.4 is 0 Å². The van der Waals surface area contributed by atoms with Gasteiger partial charge < -0.3 is 9.80 Å². The van der Waals surface area contributed by atoms with Crippen molar-refractivity contribution < 1.29 is 22.8 Å². The van der Waals surface area contributed by atoms with Gasteiger partial charge in [0.1, 0.15) is 5.69 Å². The predicted molar refractivity (Wildman–Crippen MR) is 106 cm³/mol. The maximum atomic E-state index is 13.1. The van der Waals surface area contributed by atoms with Crippen LogP contribution in [0.4, 0.5) is 13.2 Å². The second-order valence-electron chi connectivity index (χ2n) is 7.98. The van der Waals surface area contributed by atoms with Crippen molar-refractivity contribution in [1.82, 2.24) is 19.8 Å². The molecule has 2 amide bonds. The summed E-state index contributed by atoms with van der Waals surface area (Å²) in [6.07, 6.45) is 3.13. The first-order valence-corrected chi connectivity index (χ1v) is 10.4. The van der Waals surface area contributed by atoms with Crippen LogP contribution in [0.1, 0.15) is 53.7 Å². The molecule has 1 aromatic carbocycles. The molecule has 0 aliphatic carbocycles. The van der Waals surface area contributed by atoms with Gasteiger partial charge >= 0.3 is 6.18 Å². The van der Waals surface area contributed by atoms with Crippen LogP contribution in [-0.2, 0) is 17.5 Å². The van der Waals surface area contributed by atoms with E-state index < -0.39 is 11.7 Å². The van der Waals surface area contributed by atoms with Crippen LogP contribution in [-0.4, -0.2) is 50.2 Å². The smallest absolute Gasteiger partial charge is 0.333 e. The van der Waals surface area contributed by atoms with E-state index in [2.05, 4.69) is 9.97 Å². The van der Waals surface area contributed by atoms with E-state index in [-0.39, 0.29) is 36.1 Å². The summed E-state index contributed by atoms with van der Waals surface area (Å²) in [4.78, 5) is 37.4. The molecule has 2 aliphatic heterocycles. The lowest BCUT2D eigenvalue weighted by molar-refractivity contribution is -0.137. The van der Waals surface area contributed by atoms with Crippen molar-refractivity contribution in [3.63, 3.8) is 0 Å². The van der Waals surface area contributed by atoms with E-state index in [1.165, 1.54) is 24.7 Å². The highest BCUT2D eigenvalue weighted by molar-refractivity contribution is 5.92. The summed E-state index contributed by atoms with van der Waals surface area (Å²) in [5.74, 6) is -0.312. The van der Waals surface area contributed by atoms with Crippen LogP contribution in [0.25, 0.3) is 0 Å². The topological polar surface area (TPSA) is 66.4 Å². The first-order chi connectivity index (χ1) is 14.8. The highest BCUT2D eigenvalue weighted by atomic mass is 19.4. The third-order valence-electron chi connectivity index (χ3n) is 6.02. The number of halogens is 3. The SMILES string of the molecule is O=C(c1cnccn1)N1CC[C@H]2[C@H]1CCCCC(=O)N2Cc1cccc(C(F)(F)F)c1. The van der Waals surface area contributed by atoms with Gasteiger partial charge in [-0.15, -0.1) is 0 Å². The molecule has 4 rings (SSSR count). The minimum absolute atomic E-state index is 0.0825. The summed E-state index contributed by atoms with van der Waals surface area (Å²) in [5.41, 5.74) is -0.0471. The molecular weight excluding hydrogens is 409 g/mol. The number of fused-ring (bicyclic) bond motifs is 1. The van der Waals surface area contributed by atoms with Gasteiger partial charge in [0.05, 0.1) is 23.8 Å². The Hall–Kier alpha value is -2.97. The van der Waals surface area contributed by atoms with E-state index >= 15 is 0 Å². The number of hydrogen-bond acceptors (Lipinski definition) is 4. The van der Waals surface area contributed by atoms with Gasteiger partial charge in [-0.2, -0.15) is 13.2 Å². The minimum atomic E-state index is -4.44. The molecule has 2 saturated heterocycles. The summed E-state index contributed by atoms with van der Waals surface area (Å²) < 4.78 is 39.4. The van der Waals surface area contributed by atoms with E-state index in [9.17, 15) is 22.8 Å². The maximum absolute atomic E-state index is 13.1. The van der Waals surface area contributed by atoms with Crippen molar-refractivity contribution in [1.29, 1.82) is 0 Å². The number of hydrogen-bond donors (Lipinski definition) is 0. The van der Waals surface area contributed by atoms with Gasteiger partial charge in [0.15, 0.2) is 0 Å². The van der Waals surface area contributed by atoms with Gasteiger partial charge in [-0.05, 0) is 37.0 Å². The first-order valence-electron chi connectivity index (χ1n) is 10.4. The van der Waals surface area contributed by atoms with E-state index in [1.54, 1.807) is 15.9 Å². The fourth-order valence-corrected chi connectivity index (χ4v) is 4.56. The van der Waals surface area contributed by atoms with Gasteiger partial charge in [-0.1, -0.05) is 18.6 Å². The average molecular weight is 432 g/mol. The molecule has 2 aliphatic rings. The number of aromatic nitrogens is 2. The molecule has 3 heterocycles. The molecule has 2 atom stereocenters. The maximum Gasteiger partial charge on any atom is 0.416 e. The number of rotatable bonds is 3. The molecule has 0 unspecified atom stereocenters. The lowest BCUT2D eigenvalue weighted by atomic mass is 9.96. The summed E-state index contributed by atoms with van der Waals surface area (Å²) in [7, 11) is 0. The summed E-state index contributed by atoms with van der Waals surface area (Å²) in [6.45, 7) is 0.564. The normalized spacial score (nSPS) is 22.1. The first kappa shape index (κ1) is 21.3. The molecule has 2 aromatic rings. The molecule has 9 heteroatoms. The van der Waals surface area contributed by atoms with Gasteiger partial charge in [0.25, 0.3) is 5.91 Å². The number of amides is 2. The third kappa shape index (κ3) is 4.55. The Morgan fingerprint density at radius 2 is 1.97 bits per heavy atom. The second kappa shape index (κ2) is 8.64. The lowest BCUT2D eigenvalue weighted by Gasteiger charge is -2.37. The zero-order valence-electron chi connectivity index (χ0n) is 16.9. The molecule has 2 fully saturated rings. The lowest BCUT2D eigenvalue weighted by Crippen LogP contribution is -2.49. The summed E-state index contributed by atoms with van der Waals surface area (Å²) in [5, 5.41) is 0. The molecule has 1 aromatic heterocycles. The molecule has 0 saturated carbocycles. The van der Waals surface area contributed by atoms with E-state index in [0.29, 0.717) is 31.4 Å². The van der Waals surface area contributed by atoms with E-state index in [1.807, 2.05) is 0 Å². The molecule has 164 valence electrons. The number of likely N-dealkylation sites (tertiary alicyclic amines) is 2. The molecule has 0 radical (unpaired) electrons. The fraction of sp³-hybridized carbons (Fsp3) is 0.455. The minimum Gasteiger partial charge on any atom is -0.333 e. The van der Waals surface area contributed by atoms with Crippen molar-refractivity contribution in [3.05, 3.63) is 59.7 Å².